The molecule has 0 radical (unpaired) electrons. The van der Waals surface area contributed by atoms with Crippen molar-refractivity contribution in [3.8, 4) is 24.7 Å². The molecule has 0 aliphatic rings. The lowest BCUT2D eigenvalue weighted by molar-refractivity contribution is 0.0438. The standard InChI is InChI=1S/C20H23NO6/c1-4-6-8-10-24-19(22)26-14-17-12-16(3)21-13-18(17)15-27-20(23)25-11-9-7-5-2/h1-2,12-13H,6-11,14-15H2,3H3. The van der Waals surface area contributed by atoms with Crippen LogP contribution in [0.3, 0.4) is 0 Å². The second-order valence-corrected chi connectivity index (χ2v) is 5.48. The molecule has 0 atom stereocenters. The van der Waals surface area contributed by atoms with Crippen LogP contribution >= 0.6 is 0 Å². The second kappa shape index (κ2) is 13.1. The molecule has 1 rings (SSSR count). The van der Waals surface area contributed by atoms with Crippen LogP contribution in [0.1, 0.15) is 42.5 Å². The number of nitrogens with zero attached hydrogens (tertiary/aromatic N) is 1. The van der Waals surface area contributed by atoms with Gasteiger partial charge in [0.05, 0.1) is 13.2 Å². The van der Waals surface area contributed by atoms with E-state index in [0.29, 0.717) is 36.8 Å². The number of aryl methyl sites for hydroxylation is 1. The van der Waals surface area contributed by atoms with E-state index in [1.807, 2.05) is 0 Å². The molecule has 0 saturated carbocycles. The van der Waals surface area contributed by atoms with E-state index in [2.05, 4.69) is 16.8 Å². The van der Waals surface area contributed by atoms with Gasteiger partial charge in [-0.2, -0.15) is 0 Å². The minimum atomic E-state index is -0.799. The maximum Gasteiger partial charge on any atom is 0.508 e. The van der Waals surface area contributed by atoms with Gasteiger partial charge in [0.1, 0.15) is 13.2 Å². The highest BCUT2D eigenvalue weighted by Crippen LogP contribution is 2.13. The summed E-state index contributed by atoms with van der Waals surface area (Å²) in [6, 6.07) is 1.74. The summed E-state index contributed by atoms with van der Waals surface area (Å²) in [6.07, 6.45) is 12.4. The Bertz CT molecular complexity index is 701. The highest BCUT2D eigenvalue weighted by Gasteiger charge is 2.11. The SMILES string of the molecule is C#CCCCOC(=O)OCc1cnc(C)cc1COC(=O)OCCCC#C. The minimum absolute atomic E-state index is 0.0345. The number of hydrogen-bond donors (Lipinski definition) is 0. The van der Waals surface area contributed by atoms with Gasteiger partial charge in [-0.25, -0.2) is 9.59 Å². The monoisotopic (exact) mass is 373 g/mol. The van der Waals surface area contributed by atoms with Crippen LogP contribution in [0.25, 0.3) is 0 Å². The molecular weight excluding hydrogens is 350 g/mol. The molecule has 1 aromatic heterocycles. The van der Waals surface area contributed by atoms with Crippen LogP contribution in [0.4, 0.5) is 9.59 Å². The zero-order valence-electron chi connectivity index (χ0n) is 15.4. The van der Waals surface area contributed by atoms with Crippen molar-refractivity contribution in [3.05, 3.63) is 29.1 Å². The van der Waals surface area contributed by atoms with Crippen molar-refractivity contribution in [2.24, 2.45) is 0 Å². The average molecular weight is 373 g/mol. The third-order valence-corrected chi connectivity index (χ3v) is 3.28. The summed E-state index contributed by atoms with van der Waals surface area (Å²) < 4.78 is 19.9. The third-order valence-electron chi connectivity index (χ3n) is 3.28. The Morgan fingerprint density at radius 2 is 1.44 bits per heavy atom. The van der Waals surface area contributed by atoms with Gasteiger partial charge >= 0.3 is 12.3 Å². The lowest BCUT2D eigenvalue weighted by Gasteiger charge is -2.11. The molecule has 1 aromatic rings. The molecule has 7 nitrogen and oxygen atoms in total. The number of hydrogen-bond acceptors (Lipinski definition) is 7. The van der Waals surface area contributed by atoms with Gasteiger partial charge in [0.15, 0.2) is 0 Å². The van der Waals surface area contributed by atoms with Crippen LogP contribution in [-0.4, -0.2) is 30.5 Å². The summed E-state index contributed by atoms with van der Waals surface area (Å²) in [6.45, 7) is 2.09. The van der Waals surface area contributed by atoms with Gasteiger partial charge in [-0.3, -0.25) is 4.98 Å². The zero-order chi connectivity index (χ0) is 19.9. The molecule has 144 valence electrons. The van der Waals surface area contributed by atoms with Gasteiger partial charge in [-0.1, -0.05) is 0 Å². The number of terminal acetylenes is 2. The summed E-state index contributed by atoms with van der Waals surface area (Å²) in [5.74, 6) is 4.91. The van der Waals surface area contributed by atoms with E-state index in [0.717, 1.165) is 5.69 Å². The Labute approximate surface area is 159 Å². The first-order valence-corrected chi connectivity index (χ1v) is 8.47. The average Bonchev–Trinajstić information content (AvgIpc) is 2.66. The highest BCUT2D eigenvalue weighted by atomic mass is 16.7. The molecule has 0 bridgehead atoms. The smallest absolute Gasteiger partial charge is 0.434 e. The number of unbranched alkanes of at least 4 members (excludes halogenated alkanes) is 2. The van der Waals surface area contributed by atoms with E-state index in [-0.39, 0.29) is 26.4 Å². The maximum absolute atomic E-state index is 11.6. The van der Waals surface area contributed by atoms with Crippen LogP contribution in [0.2, 0.25) is 0 Å². The van der Waals surface area contributed by atoms with Gasteiger partial charge in [-0.15, -0.1) is 24.7 Å². The van der Waals surface area contributed by atoms with E-state index < -0.39 is 12.3 Å². The zero-order valence-corrected chi connectivity index (χ0v) is 15.4. The maximum atomic E-state index is 11.6. The van der Waals surface area contributed by atoms with E-state index in [9.17, 15) is 9.59 Å². The van der Waals surface area contributed by atoms with E-state index in [1.165, 1.54) is 0 Å². The van der Waals surface area contributed by atoms with Crippen molar-refractivity contribution in [3.63, 3.8) is 0 Å². The quantitative estimate of drug-likeness (QED) is 0.352. The van der Waals surface area contributed by atoms with Crippen molar-refractivity contribution in [1.29, 1.82) is 0 Å². The molecule has 7 heteroatoms. The summed E-state index contributed by atoms with van der Waals surface area (Å²) in [7, 11) is 0. The Hall–Kier alpha value is -3.19. The predicted molar refractivity (Wildman–Crippen MR) is 97.4 cm³/mol. The van der Waals surface area contributed by atoms with Crippen LogP contribution < -0.4 is 0 Å². The lowest BCUT2D eigenvalue weighted by Crippen LogP contribution is -2.12. The summed E-state index contributed by atoms with van der Waals surface area (Å²) >= 11 is 0. The molecule has 0 spiro atoms. The van der Waals surface area contributed by atoms with Gasteiger partial charge in [0.2, 0.25) is 0 Å². The topological polar surface area (TPSA) is 84.0 Å². The number of aromatic nitrogens is 1. The molecule has 0 aliphatic heterocycles. The van der Waals surface area contributed by atoms with E-state index in [1.54, 1.807) is 19.2 Å². The van der Waals surface area contributed by atoms with Crippen LogP contribution in [0, 0.1) is 31.6 Å². The predicted octanol–water partition coefficient (Wildman–Crippen LogP) is 3.52. The number of carbonyl (C=O) groups excluding carboxylic acids is 2. The Balaban J connectivity index is 2.47. The van der Waals surface area contributed by atoms with Crippen molar-refractivity contribution < 1.29 is 28.5 Å². The fraction of sp³-hybridized carbons (Fsp3) is 0.450. The van der Waals surface area contributed by atoms with E-state index in [4.69, 9.17) is 31.8 Å². The molecule has 0 amide bonds. The lowest BCUT2D eigenvalue weighted by atomic mass is 10.1. The Morgan fingerprint density at radius 3 is 1.96 bits per heavy atom. The largest absolute Gasteiger partial charge is 0.508 e. The fourth-order valence-electron chi connectivity index (χ4n) is 1.93. The summed E-state index contributed by atoms with van der Waals surface area (Å²) in [5.41, 5.74) is 1.99. The second-order valence-electron chi connectivity index (χ2n) is 5.48. The van der Waals surface area contributed by atoms with Crippen molar-refractivity contribution >= 4 is 12.3 Å². The molecule has 0 saturated heterocycles. The number of rotatable bonds is 10. The molecule has 0 aromatic carbocycles. The number of carbonyl (C=O) groups is 2. The van der Waals surface area contributed by atoms with Crippen molar-refractivity contribution in [1.82, 2.24) is 4.98 Å². The minimum Gasteiger partial charge on any atom is -0.434 e. The molecule has 0 unspecified atom stereocenters. The number of ether oxygens (including phenoxy) is 4. The van der Waals surface area contributed by atoms with Crippen molar-refractivity contribution in [2.75, 3.05) is 13.2 Å². The molecule has 0 N–H and O–H groups in total. The van der Waals surface area contributed by atoms with Gasteiger partial charge in [-0.05, 0) is 31.4 Å². The first-order chi connectivity index (χ1) is 13.1. The van der Waals surface area contributed by atoms with Gasteiger partial charge < -0.3 is 18.9 Å². The molecule has 0 aliphatic carbocycles. The van der Waals surface area contributed by atoms with Crippen LogP contribution in [0.15, 0.2) is 12.3 Å². The van der Waals surface area contributed by atoms with Crippen LogP contribution in [-0.2, 0) is 32.2 Å². The Morgan fingerprint density at radius 1 is 0.926 bits per heavy atom. The van der Waals surface area contributed by atoms with Gasteiger partial charge in [0, 0.05) is 30.3 Å². The molecule has 0 fully saturated rings. The van der Waals surface area contributed by atoms with E-state index >= 15 is 0 Å². The number of pyridine rings is 1. The summed E-state index contributed by atoms with van der Waals surface area (Å²) in [5, 5.41) is 0. The third kappa shape index (κ3) is 9.76. The van der Waals surface area contributed by atoms with Gasteiger partial charge in [0.25, 0.3) is 0 Å². The molecular formula is C20H23NO6. The Kier molecular flexibility index (Phi) is 10.6. The van der Waals surface area contributed by atoms with Crippen LogP contribution in [0.5, 0.6) is 0 Å². The molecule has 1 heterocycles. The first-order valence-electron chi connectivity index (χ1n) is 8.47. The fourth-order valence-corrected chi connectivity index (χ4v) is 1.93. The highest BCUT2D eigenvalue weighted by molar-refractivity contribution is 5.60. The normalized spacial score (nSPS) is 9.59. The molecule has 27 heavy (non-hydrogen) atoms. The van der Waals surface area contributed by atoms with Crippen molar-refractivity contribution in [2.45, 2.75) is 45.8 Å². The first kappa shape index (κ1) is 21.9. The summed E-state index contributed by atoms with van der Waals surface area (Å²) in [4.78, 5) is 27.3.